The average Bonchev–Trinajstić information content (AvgIpc) is 2.70. The Morgan fingerprint density at radius 2 is 1.72 bits per heavy atom. The quantitative estimate of drug-likeness (QED) is 0.359. The first-order valence-electron chi connectivity index (χ1n) is 8.84. The summed E-state index contributed by atoms with van der Waals surface area (Å²) in [6, 6.07) is 16.4. The molecule has 6 heteroatoms. The molecule has 0 bridgehead atoms. The zero-order chi connectivity index (χ0) is 20.5. The predicted molar refractivity (Wildman–Crippen MR) is 113 cm³/mol. The number of benzene rings is 3. The van der Waals surface area contributed by atoms with Crippen LogP contribution in [0.2, 0.25) is 10.0 Å². The maximum atomic E-state index is 14.0. The van der Waals surface area contributed by atoms with Crippen LogP contribution >= 0.6 is 23.2 Å². The molecule has 1 heterocycles. The summed E-state index contributed by atoms with van der Waals surface area (Å²) in [4.78, 5) is 13.2. The van der Waals surface area contributed by atoms with Gasteiger partial charge in [0.05, 0.1) is 10.4 Å². The molecule has 0 N–H and O–H groups in total. The van der Waals surface area contributed by atoms with Gasteiger partial charge >= 0.3 is 0 Å². The molecule has 1 aromatic heterocycles. The first-order valence-corrected chi connectivity index (χ1v) is 9.59. The second-order valence-electron chi connectivity index (χ2n) is 6.55. The molecule has 3 nitrogen and oxygen atoms in total. The molecule has 0 radical (unpaired) electrons. The fourth-order valence-electron chi connectivity index (χ4n) is 3.02. The molecule has 146 valence electrons. The van der Waals surface area contributed by atoms with Crippen molar-refractivity contribution in [1.82, 2.24) is 0 Å². The number of hydrogen-bond donors (Lipinski definition) is 0. The maximum absolute atomic E-state index is 14.0. The van der Waals surface area contributed by atoms with Crippen molar-refractivity contribution in [2.45, 2.75) is 13.5 Å². The number of aryl methyl sites for hydroxylation is 1. The van der Waals surface area contributed by atoms with Crippen LogP contribution in [0.5, 0.6) is 5.75 Å². The number of hydrogen-bond acceptors (Lipinski definition) is 3. The fourth-order valence-corrected chi connectivity index (χ4v) is 3.40. The zero-order valence-electron chi connectivity index (χ0n) is 15.3. The minimum atomic E-state index is -0.421. The lowest BCUT2D eigenvalue weighted by Gasteiger charge is -2.13. The summed E-state index contributed by atoms with van der Waals surface area (Å²) in [6.07, 6.45) is 0. The van der Waals surface area contributed by atoms with Gasteiger partial charge in [-0.3, -0.25) is 4.79 Å². The first-order chi connectivity index (χ1) is 14.0. The van der Waals surface area contributed by atoms with Crippen molar-refractivity contribution in [1.29, 1.82) is 0 Å². The van der Waals surface area contributed by atoms with E-state index in [0.29, 0.717) is 26.8 Å². The first kappa shape index (κ1) is 19.5. The molecule has 0 aliphatic carbocycles. The van der Waals surface area contributed by atoms with Crippen molar-refractivity contribution >= 4 is 34.2 Å². The summed E-state index contributed by atoms with van der Waals surface area (Å²) >= 11 is 12.5. The van der Waals surface area contributed by atoms with Gasteiger partial charge in [0.1, 0.15) is 18.0 Å². The molecule has 0 atom stereocenters. The second-order valence-corrected chi connectivity index (χ2v) is 7.36. The zero-order valence-corrected chi connectivity index (χ0v) is 16.9. The van der Waals surface area contributed by atoms with Gasteiger partial charge in [-0.2, -0.15) is 0 Å². The summed E-state index contributed by atoms with van der Waals surface area (Å²) in [7, 11) is 0. The Bertz CT molecular complexity index is 1280. The number of halogens is 3. The molecule has 0 saturated carbocycles. The minimum Gasteiger partial charge on any atom is -0.481 e. The van der Waals surface area contributed by atoms with Crippen LogP contribution in [0.25, 0.3) is 22.3 Å². The molecule has 0 fully saturated rings. The van der Waals surface area contributed by atoms with Crippen molar-refractivity contribution in [2.75, 3.05) is 0 Å². The van der Waals surface area contributed by atoms with Gasteiger partial charge in [0, 0.05) is 16.1 Å². The highest BCUT2D eigenvalue weighted by Crippen LogP contribution is 2.36. The average molecular weight is 429 g/mol. The van der Waals surface area contributed by atoms with Gasteiger partial charge in [-0.15, -0.1) is 0 Å². The van der Waals surface area contributed by atoms with Crippen LogP contribution < -0.4 is 10.2 Å². The summed E-state index contributed by atoms with van der Waals surface area (Å²) in [5.41, 5.74) is 1.56. The van der Waals surface area contributed by atoms with E-state index in [2.05, 4.69) is 0 Å². The van der Waals surface area contributed by atoms with Crippen molar-refractivity contribution < 1.29 is 13.5 Å². The third kappa shape index (κ3) is 3.74. The molecule has 4 aromatic rings. The van der Waals surface area contributed by atoms with Crippen LogP contribution in [0, 0.1) is 12.7 Å². The Kier molecular flexibility index (Phi) is 5.31. The van der Waals surface area contributed by atoms with Gasteiger partial charge in [0.25, 0.3) is 0 Å². The molecule has 4 rings (SSSR count). The predicted octanol–water partition coefficient (Wildman–Crippen LogP) is 6.79. The van der Waals surface area contributed by atoms with E-state index in [0.717, 1.165) is 5.56 Å². The maximum Gasteiger partial charge on any atom is 0.235 e. The highest BCUT2D eigenvalue weighted by molar-refractivity contribution is 6.33. The van der Waals surface area contributed by atoms with E-state index in [-0.39, 0.29) is 23.5 Å². The molecule has 0 spiro atoms. The Hall–Kier alpha value is -2.82. The summed E-state index contributed by atoms with van der Waals surface area (Å²) in [5.74, 6) is -0.282. The van der Waals surface area contributed by atoms with Crippen molar-refractivity contribution in [2.24, 2.45) is 0 Å². The van der Waals surface area contributed by atoms with Gasteiger partial charge in [0.2, 0.25) is 11.2 Å². The van der Waals surface area contributed by atoms with E-state index in [1.165, 1.54) is 6.07 Å². The van der Waals surface area contributed by atoms with Gasteiger partial charge in [-0.25, -0.2) is 4.39 Å². The standard InChI is InChI=1S/C23H15Cl2FO3/c1-13-10-20-16(11-18(13)25)21(27)23(28-12-14-6-2-5-9-19(14)26)22(29-20)15-7-3-4-8-17(15)24/h2-11H,12H2,1H3. The van der Waals surface area contributed by atoms with E-state index >= 15 is 0 Å². The Labute approximate surface area is 176 Å². The number of ether oxygens (including phenoxy) is 1. The molecule has 3 aromatic carbocycles. The SMILES string of the molecule is Cc1cc2oc(-c3ccccc3Cl)c(OCc3ccccc3F)c(=O)c2cc1Cl. The molecule has 0 amide bonds. The number of rotatable bonds is 4. The van der Waals surface area contributed by atoms with Gasteiger partial charge in [-0.05, 0) is 42.8 Å². The minimum absolute atomic E-state index is 0.0474. The van der Waals surface area contributed by atoms with E-state index in [1.807, 2.05) is 6.92 Å². The molecule has 0 unspecified atom stereocenters. The molecular weight excluding hydrogens is 414 g/mol. The Balaban J connectivity index is 1.92. The van der Waals surface area contributed by atoms with Gasteiger partial charge in [0.15, 0.2) is 5.76 Å². The molecule has 29 heavy (non-hydrogen) atoms. The van der Waals surface area contributed by atoms with Crippen LogP contribution in [0.3, 0.4) is 0 Å². The van der Waals surface area contributed by atoms with Crippen LogP contribution in [-0.2, 0) is 6.61 Å². The van der Waals surface area contributed by atoms with Crippen molar-refractivity contribution in [3.63, 3.8) is 0 Å². The molecular formula is C23H15Cl2FO3. The normalized spacial score (nSPS) is 11.0. The van der Waals surface area contributed by atoms with Crippen LogP contribution in [0.15, 0.2) is 69.9 Å². The summed E-state index contributed by atoms with van der Waals surface area (Å²) in [5, 5.41) is 1.12. The lowest BCUT2D eigenvalue weighted by molar-refractivity contribution is 0.292. The van der Waals surface area contributed by atoms with Crippen molar-refractivity contribution in [3.05, 3.63) is 97.9 Å². The lowest BCUT2D eigenvalue weighted by Crippen LogP contribution is -2.11. The van der Waals surface area contributed by atoms with E-state index in [9.17, 15) is 9.18 Å². The summed E-state index contributed by atoms with van der Waals surface area (Å²) in [6.45, 7) is 1.68. The smallest absolute Gasteiger partial charge is 0.235 e. The molecule has 0 aliphatic heterocycles. The van der Waals surface area contributed by atoms with E-state index in [1.54, 1.807) is 54.6 Å². The second kappa shape index (κ2) is 7.90. The van der Waals surface area contributed by atoms with Gasteiger partial charge in [-0.1, -0.05) is 53.5 Å². The van der Waals surface area contributed by atoms with E-state index < -0.39 is 11.2 Å². The molecule has 0 aliphatic rings. The van der Waals surface area contributed by atoms with Crippen LogP contribution in [0.1, 0.15) is 11.1 Å². The Morgan fingerprint density at radius 3 is 2.48 bits per heavy atom. The topological polar surface area (TPSA) is 39.4 Å². The third-order valence-electron chi connectivity index (χ3n) is 4.58. The fraction of sp³-hybridized carbons (Fsp3) is 0.0870. The lowest BCUT2D eigenvalue weighted by atomic mass is 10.1. The van der Waals surface area contributed by atoms with Crippen LogP contribution in [-0.4, -0.2) is 0 Å². The molecule has 0 saturated heterocycles. The van der Waals surface area contributed by atoms with Gasteiger partial charge < -0.3 is 9.15 Å². The third-order valence-corrected chi connectivity index (χ3v) is 5.32. The summed E-state index contributed by atoms with van der Waals surface area (Å²) < 4.78 is 25.8. The Morgan fingerprint density at radius 1 is 1.00 bits per heavy atom. The van der Waals surface area contributed by atoms with E-state index in [4.69, 9.17) is 32.4 Å². The number of fused-ring (bicyclic) bond motifs is 1. The van der Waals surface area contributed by atoms with Crippen LogP contribution in [0.4, 0.5) is 4.39 Å². The largest absolute Gasteiger partial charge is 0.481 e. The highest BCUT2D eigenvalue weighted by Gasteiger charge is 2.21. The monoisotopic (exact) mass is 428 g/mol. The van der Waals surface area contributed by atoms with Crippen molar-refractivity contribution in [3.8, 4) is 17.1 Å². The highest BCUT2D eigenvalue weighted by atomic mass is 35.5.